The Kier molecular flexibility index (Phi) is 17.6. The second-order valence-electron chi connectivity index (χ2n) is 5.09. The van der Waals surface area contributed by atoms with Crippen LogP contribution in [0.4, 0.5) is 0 Å². The van der Waals surface area contributed by atoms with Gasteiger partial charge in [-0.15, -0.1) is 11.6 Å². The monoisotopic (exact) mass is 374 g/mol. The molecule has 6 nitrogen and oxygen atoms in total. The van der Waals surface area contributed by atoms with Crippen LogP contribution in [0.5, 0.6) is 0 Å². The van der Waals surface area contributed by atoms with Crippen LogP contribution in [-0.2, 0) is 13.6 Å². The third-order valence-corrected chi connectivity index (χ3v) is 4.64. The van der Waals surface area contributed by atoms with Crippen molar-refractivity contribution >= 4 is 19.9 Å². The lowest BCUT2D eigenvalue weighted by molar-refractivity contribution is 0.00340. The molecule has 0 aliphatic heterocycles. The summed E-state index contributed by atoms with van der Waals surface area (Å²) in [6.45, 7) is 17.3. The Hall–Kier alpha value is 0.320. The SMILES string of the molecule is CC(Cl)CO.CCN(CC)C(C)O[PH](=O)OC(C)N(CC)CC. The fraction of sp³-hybridized carbons (Fsp3) is 1.00. The van der Waals surface area contributed by atoms with Crippen molar-refractivity contribution in [1.29, 1.82) is 0 Å². The molecule has 0 radical (unpaired) electrons. The minimum absolute atomic E-state index is 0.0710. The van der Waals surface area contributed by atoms with E-state index in [4.69, 9.17) is 25.8 Å². The Bertz CT molecular complexity index is 269. The first-order valence-electron chi connectivity index (χ1n) is 8.37. The van der Waals surface area contributed by atoms with Crippen molar-refractivity contribution in [2.45, 2.75) is 66.3 Å². The molecular formula is C15H36ClN2O4P. The fourth-order valence-electron chi connectivity index (χ4n) is 1.93. The van der Waals surface area contributed by atoms with Gasteiger partial charge in [0.1, 0.15) is 12.5 Å². The summed E-state index contributed by atoms with van der Waals surface area (Å²) in [6.07, 6.45) is -0.342. The van der Waals surface area contributed by atoms with Gasteiger partial charge in [-0.2, -0.15) is 0 Å². The average Bonchev–Trinajstić information content (AvgIpc) is 2.49. The van der Waals surface area contributed by atoms with Crippen molar-refractivity contribution in [3.8, 4) is 0 Å². The molecule has 0 rings (SSSR count). The molecule has 0 aliphatic carbocycles. The van der Waals surface area contributed by atoms with E-state index < -0.39 is 8.25 Å². The number of aliphatic hydroxyl groups is 1. The molecule has 142 valence electrons. The molecule has 0 saturated heterocycles. The molecule has 0 aromatic heterocycles. The van der Waals surface area contributed by atoms with Gasteiger partial charge in [0.25, 0.3) is 0 Å². The number of aliphatic hydroxyl groups excluding tert-OH is 1. The van der Waals surface area contributed by atoms with Crippen molar-refractivity contribution in [2.24, 2.45) is 0 Å². The average molecular weight is 375 g/mol. The first kappa shape index (κ1) is 25.6. The second-order valence-corrected chi connectivity index (χ2v) is 6.81. The van der Waals surface area contributed by atoms with Gasteiger partial charge in [-0.25, -0.2) is 0 Å². The van der Waals surface area contributed by atoms with Crippen LogP contribution in [0.25, 0.3) is 0 Å². The third kappa shape index (κ3) is 13.3. The highest BCUT2D eigenvalue weighted by Crippen LogP contribution is 2.29. The second kappa shape index (κ2) is 15.8. The highest BCUT2D eigenvalue weighted by molar-refractivity contribution is 7.33. The van der Waals surface area contributed by atoms with Crippen LogP contribution >= 0.6 is 19.9 Å². The predicted molar refractivity (Wildman–Crippen MR) is 98.3 cm³/mol. The zero-order chi connectivity index (χ0) is 18.4. The van der Waals surface area contributed by atoms with E-state index in [0.717, 1.165) is 26.2 Å². The molecular weight excluding hydrogens is 339 g/mol. The quantitative estimate of drug-likeness (QED) is 0.340. The van der Waals surface area contributed by atoms with E-state index in [2.05, 4.69) is 37.5 Å². The number of alkyl halides is 1. The molecule has 3 unspecified atom stereocenters. The van der Waals surface area contributed by atoms with Gasteiger partial charge in [-0.1, -0.05) is 27.7 Å². The summed E-state index contributed by atoms with van der Waals surface area (Å²) in [5.74, 6) is 0. The summed E-state index contributed by atoms with van der Waals surface area (Å²) >= 11 is 5.21. The molecule has 0 bridgehead atoms. The van der Waals surface area contributed by atoms with Crippen LogP contribution in [0.3, 0.4) is 0 Å². The van der Waals surface area contributed by atoms with Crippen molar-refractivity contribution in [2.75, 3.05) is 32.8 Å². The van der Waals surface area contributed by atoms with Crippen LogP contribution in [0.2, 0.25) is 0 Å². The van der Waals surface area contributed by atoms with Crippen molar-refractivity contribution in [3.63, 3.8) is 0 Å². The Morgan fingerprint density at radius 2 is 1.17 bits per heavy atom. The Morgan fingerprint density at radius 3 is 1.35 bits per heavy atom. The van der Waals surface area contributed by atoms with E-state index in [0.29, 0.717) is 0 Å². The third-order valence-electron chi connectivity index (χ3n) is 3.44. The van der Waals surface area contributed by atoms with E-state index in [9.17, 15) is 4.57 Å². The number of hydrogen-bond donors (Lipinski definition) is 1. The summed E-state index contributed by atoms with van der Waals surface area (Å²) < 4.78 is 22.7. The van der Waals surface area contributed by atoms with Crippen LogP contribution in [0.1, 0.15) is 48.5 Å². The summed E-state index contributed by atoms with van der Waals surface area (Å²) in [5.41, 5.74) is 0. The molecule has 0 aromatic carbocycles. The van der Waals surface area contributed by atoms with Gasteiger partial charge < -0.3 is 5.11 Å². The Balaban J connectivity index is 0. The Morgan fingerprint density at radius 1 is 0.913 bits per heavy atom. The maximum atomic E-state index is 11.8. The van der Waals surface area contributed by atoms with Gasteiger partial charge >= 0.3 is 8.25 Å². The van der Waals surface area contributed by atoms with Gasteiger partial charge in [0.05, 0.1) is 12.0 Å². The molecule has 0 spiro atoms. The van der Waals surface area contributed by atoms with Crippen LogP contribution < -0.4 is 0 Å². The van der Waals surface area contributed by atoms with E-state index >= 15 is 0 Å². The van der Waals surface area contributed by atoms with E-state index in [1.54, 1.807) is 6.92 Å². The van der Waals surface area contributed by atoms with Gasteiger partial charge in [-0.05, 0) is 47.0 Å². The lowest BCUT2D eigenvalue weighted by atomic mass is 10.5. The van der Waals surface area contributed by atoms with Crippen LogP contribution in [0.15, 0.2) is 0 Å². The predicted octanol–water partition coefficient (Wildman–Crippen LogP) is 3.39. The van der Waals surface area contributed by atoms with Crippen LogP contribution in [-0.4, -0.2) is 65.5 Å². The molecule has 0 heterocycles. The zero-order valence-electron chi connectivity index (χ0n) is 15.7. The first-order chi connectivity index (χ1) is 10.8. The Labute approximate surface area is 148 Å². The summed E-state index contributed by atoms with van der Waals surface area (Å²) in [6, 6.07) is 0. The minimum Gasteiger partial charge on any atom is -0.395 e. The minimum atomic E-state index is -2.45. The van der Waals surface area contributed by atoms with E-state index in [1.165, 1.54) is 0 Å². The summed E-state index contributed by atoms with van der Waals surface area (Å²) in [4.78, 5) is 4.18. The molecule has 0 aromatic rings. The van der Waals surface area contributed by atoms with E-state index in [-0.39, 0.29) is 24.4 Å². The number of nitrogens with zero attached hydrogens (tertiary/aromatic N) is 2. The highest BCUT2D eigenvalue weighted by atomic mass is 35.5. The lowest BCUT2D eigenvalue weighted by Gasteiger charge is -2.28. The normalized spacial score (nSPS) is 16.7. The largest absolute Gasteiger partial charge is 0.395 e. The highest BCUT2D eigenvalue weighted by Gasteiger charge is 2.18. The summed E-state index contributed by atoms with van der Waals surface area (Å²) in [5, 5.41) is 7.92. The van der Waals surface area contributed by atoms with Crippen molar-refractivity contribution in [3.05, 3.63) is 0 Å². The fourth-order valence-corrected chi connectivity index (χ4v) is 2.84. The molecule has 0 aliphatic rings. The molecule has 0 amide bonds. The zero-order valence-corrected chi connectivity index (χ0v) is 17.5. The molecule has 23 heavy (non-hydrogen) atoms. The topological polar surface area (TPSA) is 62.2 Å². The van der Waals surface area contributed by atoms with Gasteiger partial charge in [0.2, 0.25) is 0 Å². The molecule has 1 N–H and O–H groups in total. The molecule has 0 fully saturated rings. The standard InChI is InChI=1S/C12H29N2O3P.C3H7ClO/c1-7-13(8-2)11(5)16-18(15)17-12(6)14(9-3)10-4;1-3(4)2-5/h11-12,18H,7-10H2,1-6H3;3,5H,2H2,1H3. The lowest BCUT2D eigenvalue weighted by Crippen LogP contribution is -2.35. The molecule has 0 saturated carbocycles. The van der Waals surface area contributed by atoms with Crippen molar-refractivity contribution < 1.29 is 18.7 Å². The first-order valence-corrected chi connectivity index (χ1v) is 10.0. The smallest absolute Gasteiger partial charge is 0.322 e. The van der Waals surface area contributed by atoms with E-state index in [1.807, 2.05) is 13.8 Å². The maximum Gasteiger partial charge on any atom is 0.322 e. The summed E-state index contributed by atoms with van der Waals surface area (Å²) in [7, 11) is -2.45. The van der Waals surface area contributed by atoms with Gasteiger partial charge in [0, 0.05) is 0 Å². The van der Waals surface area contributed by atoms with Crippen LogP contribution in [0, 0.1) is 0 Å². The molecule has 8 heteroatoms. The van der Waals surface area contributed by atoms with Crippen molar-refractivity contribution in [1.82, 2.24) is 9.80 Å². The maximum absolute atomic E-state index is 11.8. The molecule has 3 atom stereocenters. The number of rotatable bonds is 11. The number of hydrogen-bond acceptors (Lipinski definition) is 6. The van der Waals surface area contributed by atoms with Gasteiger partial charge in [0.15, 0.2) is 0 Å². The number of halogens is 1. The van der Waals surface area contributed by atoms with Gasteiger partial charge in [-0.3, -0.25) is 23.4 Å².